The van der Waals surface area contributed by atoms with E-state index in [0.717, 1.165) is 43.8 Å². The fourth-order valence-electron chi connectivity index (χ4n) is 2.57. The van der Waals surface area contributed by atoms with E-state index in [0.29, 0.717) is 11.1 Å². The lowest BCUT2D eigenvalue weighted by Crippen LogP contribution is -2.39. The van der Waals surface area contributed by atoms with E-state index in [2.05, 4.69) is 4.90 Å². The first-order chi connectivity index (χ1) is 9.11. The number of anilines is 1. The first kappa shape index (κ1) is 14.6. The van der Waals surface area contributed by atoms with E-state index in [1.807, 2.05) is 25.1 Å². The molecule has 1 aliphatic rings. The molecule has 0 radical (unpaired) electrons. The van der Waals surface area contributed by atoms with E-state index in [-0.39, 0.29) is 0 Å². The van der Waals surface area contributed by atoms with Crippen molar-refractivity contribution in [2.24, 2.45) is 0 Å². The standard InChI is InChI=1S/C15H22ClNO2/c1-3-19-13-5-4-8-17(10-13)15-7-6-12(11(2)18)9-14(15)16/h6-7,9,11,13,18H,3-5,8,10H2,1-2H3/t11-,13?/m0/s1. The number of aliphatic hydroxyl groups is 1. The van der Waals surface area contributed by atoms with Gasteiger partial charge >= 0.3 is 0 Å². The van der Waals surface area contributed by atoms with Crippen LogP contribution in [0.15, 0.2) is 18.2 Å². The second-order valence-electron chi connectivity index (χ2n) is 5.05. The summed E-state index contributed by atoms with van der Waals surface area (Å²) in [7, 11) is 0. The van der Waals surface area contributed by atoms with Crippen molar-refractivity contribution in [3.63, 3.8) is 0 Å². The number of benzene rings is 1. The van der Waals surface area contributed by atoms with Crippen LogP contribution < -0.4 is 4.90 Å². The second-order valence-corrected chi connectivity index (χ2v) is 5.46. The quantitative estimate of drug-likeness (QED) is 0.919. The molecular weight excluding hydrogens is 262 g/mol. The topological polar surface area (TPSA) is 32.7 Å². The molecule has 19 heavy (non-hydrogen) atoms. The highest BCUT2D eigenvalue weighted by molar-refractivity contribution is 6.33. The van der Waals surface area contributed by atoms with Crippen molar-refractivity contribution >= 4 is 17.3 Å². The molecule has 2 atom stereocenters. The van der Waals surface area contributed by atoms with Crippen molar-refractivity contribution in [1.29, 1.82) is 0 Å². The fourth-order valence-corrected chi connectivity index (χ4v) is 2.88. The maximum atomic E-state index is 9.57. The largest absolute Gasteiger partial charge is 0.389 e. The van der Waals surface area contributed by atoms with Crippen LogP contribution in [0.2, 0.25) is 5.02 Å². The fraction of sp³-hybridized carbons (Fsp3) is 0.600. The van der Waals surface area contributed by atoms with Gasteiger partial charge in [0.1, 0.15) is 0 Å². The number of hydrogen-bond donors (Lipinski definition) is 1. The molecule has 3 nitrogen and oxygen atoms in total. The molecule has 0 spiro atoms. The maximum absolute atomic E-state index is 9.57. The molecule has 1 N–H and O–H groups in total. The van der Waals surface area contributed by atoms with Crippen molar-refractivity contribution < 1.29 is 9.84 Å². The Bertz CT molecular complexity index is 421. The summed E-state index contributed by atoms with van der Waals surface area (Å²) in [6.45, 7) is 6.44. The monoisotopic (exact) mass is 283 g/mol. The minimum Gasteiger partial charge on any atom is -0.389 e. The number of rotatable bonds is 4. The van der Waals surface area contributed by atoms with Crippen molar-refractivity contribution in [2.45, 2.75) is 38.9 Å². The first-order valence-corrected chi connectivity index (χ1v) is 7.33. The Labute approximate surface area is 120 Å². The van der Waals surface area contributed by atoms with Crippen LogP contribution in [-0.2, 0) is 4.74 Å². The van der Waals surface area contributed by atoms with Crippen LogP contribution in [0.1, 0.15) is 38.4 Å². The highest BCUT2D eigenvalue weighted by Gasteiger charge is 2.22. The summed E-state index contributed by atoms with van der Waals surface area (Å²) < 4.78 is 5.71. The minimum atomic E-state index is -0.482. The van der Waals surface area contributed by atoms with Crippen LogP contribution >= 0.6 is 11.6 Å². The Morgan fingerprint density at radius 1 is 1.53 bits per heavy atom. The van der Waals surface area contributed by atoms with Crippen LogP contribution in [-0.4, -0.2) is 30.9 Å². The van der Waals surface area contributed by atoms with Crippen LogP contribution in [0.4, 0.5) is 5.69 Å². The summed E-state index contributed by atoms with van der Waals surface area (Å²) in [6, 6.07) is 5.79. The summed E-state index contributed by atoms with van der Waals surface area (Å²) >= 11 is 6.34. The van der Waals surface area contributed by atoms with Gasteiger partial charge in [-0.25, -0.2) is 0 Å². The van der Waals surface area contributed by atoms with E-state index in [1.165, 1.54) is 0 Å². The molecule has 0 saturated carbocycles. The zero-order valence-electron chi connectivity index (χ0n) is 11.6. The van der Waals surface area contributed by atoms with Gasteiger partial charge in [0, 0.05) is 19.7 Å². The van der Waals surface area contributed by atoms with Gasteiger partial charge in [-0.2, -0.15) is 0 Å². The lowest BCUT2D eigenvalue weighted by molar-refractivity contribution is 0.0527. The molecule has 1 saturated heterocycles. The molecule has 1 fully saturated rings. The van der Waals surface area contributed by atoms with Crippen LogP contribution in [0.25, 0.3) is 0 Å². The molecule has 2 rings (SSSR count). The second kappa shape index (κ2) is 6.60. The lowest BCUT2D eigenvalue weighted by Gasteiger charge is -2.34. The van der Waals surface area contributed by atoms with Crippen LogP contribution in [0.3, 0.4) is 0 Å². The van der Waals surface area contributed by atoms with Crippen molar-refractivity contribution in [3.8, 4) is 0 Å². The third-order valence-electron chi connectivity index (χ3n) is 3.58. The van der Waals surface area contributed by atoms with Crippen molar-refractivity contribution in [1.82, 2.24) is 0 Å². The van der Waals surface area contributed by atoms with Gasteiger partial charge in [0.25, 0.3) is 0 Å². The molecule has 1 aliphatic heterocycles. The molecule has 0 aliphatic carbocycles. The zero-order valence-corrected chi connectivity index (χ0v) is 12.4. The molecule has 0 aromatic heterocycles. The average Bonchev–Trinajstić information content (AvgIpc) is 2.39. The lowest BCUT2D eigenvalue weighted by atomic mass is 10.1. The van der Waals surface area contributed by atoms with E-state index in [9.17, 15) is 5.11 Å². The number of halogens is 1. The Hall–Kier alpha value is -0.770. The van der Waals surface area contributed by atoms with Gasteiger partial charge in [-0.1, -0.05) is 17.7 Å². The number of nitrogens with zero attached hydrogens (tertiary/aromatic N) is 1. The van der Waals surface area contributed by atoms with Crippen molar-refractivity contribution in [2.75, 3.05) is 24.6 Å². The Morgan fingerprint density at radius 2 is 2.32 bits per heavy atom. The molecule has 1 unspecified atom stereocenters. The van der Waals surface area contributed by atoms with Gasteiger partial charge in [-0.15, -0.1) is 0 Å². The summed E-state index contributed by atoms with van der Waals surface area (Å²) in [5.41, 5.74) is 1.89. The van der Waals surface area contributed by atoms with Crippen LogP contribution in [0, 0.1) is 0 Å². The van der Waals surface area contributed by atoms with Gasteiger partial charge in [-0.05, 0) is 44.4 Å². The normalized spacial score (nSPS) is 21.5. The molecule has 106 valence electrons. The number of piperidine rings is 1. The average molecular weight is 284 g/mol. The Morgan fingerprint density at radius 3 is 2.95 bits per heavy atom. The first-order valence-electron chi connectivity index (χ1n) is 6.96. The number of aliphatic hydroxyl groups excluding tert-OH is 1. The maximum Gasteiger partial charge on any atom is 0.0762 e. The molecule has 0 bridgehead atoms. The SMILES string of the molecule is CCOC1CCCN(c2ccc([C@H](C)O)cc2Cl)C1. The van der Waals surface area contributed by atoms with Crippen LogP contribution in [0.5, 0.6) is 0 Å². The van der Waals surface area contributed by atoms with Gasteiger partial charge in [-0.3, -0.25) is 0 Å². The third kappa shape index (κ3) is 3.62. The number of ether oxygens (including phenoxy) is 1. The highest BCUT2D eigenvalue weighted by Crippen LogP contribution is 2.31. The summed E-state index contributed by atoms with van der Waals surface area (Å²) in [5, 5.41) is 10.3. The predicted octanol–water partition coefficient (Wildman–Crippen LogP) is 3.40. The third-order valence-corrected chi connectivity index (χ3v) is 3.88. The van der Waals surface area contributed by atoms with Crippen molar-refractivity contribution in [3.05, 3.63) is 28.8 Å². The Balaban J connectivity index is 2.12. The van der Waals surface area contributed by atoms with Gasteiger partial charge in [0.15, 0.2) is 0 Å². The van der Waals surface area contributed by atoms with Gasteiger partial charge in [0.2, 0.25) is 0 Å². The van der Waals surface area contributed by atoms with E-state index >= 15 is 0 Å². The molecule has 4 heteroatoms. The molecular formula is C15H22ClNO2. The summed E-state index contributed by atoms with van der Waals surface area (Å²) in [4.78, 5) is 2.28. The van der Waals surface area contributed by atoms with E-state index in [4.69, 9.17) is 16.3 Å². The molecule has 0 amide bonds. The Kier molecular flexibility index (Phi) is 5.08. The van der Waals surface area contributed by atoms with Gasteiger partial charge in [0.05, 0.1) is 22.9 Å². The van der Waals surface area contributed by atoms with E-state index in [1.54, 1.807) is 6.92 Å². The smallest absolute Gasteiger partial charge is 0.0762 e. The summed E-state index contributed by atoms with van der Waals surface area (Å²) in [5.74, 6) is 0. The molecule has 1 aromatic carbocycles. The number of hydrogen-bond acceptors (Lipinski definition) is 3. The highest BCUT2D eigenvalue weighted by atomic mass is 35.5. The summed E-state index contributed by atoms with van der Waals surface area (Å²) in [6.07, 6.45) is 2.06. The molecule has 1 heterocycles. The minimum absolute atomic E-state index is 0.297. The van der Waals surface area contributed by atoms with E-state index < -0.39 is 6.10 Å². The zero-order chi connectivity index (χ0) is 13.8. The predicted molar refractivity (Wildman–Crippen MR) is 78.9 cm³/mol. The molecule has 1 aromatic rings. The van der Waals surface area contributed by atoms with Gasteiger partial charge < -0.3 is 14.7 Å².